The van der Waals surface area contributed by atoms with E-state index in [4.69, 9.17) is 14.2 Å². The van der Waals surface area contributed by atoms with Crippen LogP contribution in [0, 0.1) is 0 Å². The topological polar surface area (TPSA) is 175 Å². The quantitative estimate of drug-likeness (QED) is 0.0195. The van der Waals surface area contributed by atoms with Crippen molar-refractivity contribution in [2.75, 3.05) is 19.8 Å². The summed E-state index contributed by atoms with van der Waals surface area (Å²) in [5, 5.41) is 54.5. The van der Waals surface area contributed by atoms with Gasteiger partial charge in [0, 0.05) is 12.8 Å². The molecular formula is C71H131NO10. The number of aliphatic hydroxyl groups excluding tert-OH is 5. The number of unbranched alkanes of at least 4 members (excludes halogenated alkanes) is 41. The van der Waals surface area contributed by atoms with E-state index in [-0.39, 0.29) is 18.5 Å². The zero-order valence-electron chi connectivity index (χ0n) is 53.2. The maximum Gasteiger partial charge on any atom is 0.305 e. The lowest BCUT2D eigenvalue weighted by molar-refractivity contribution is -0.302. The van der Waals surface area contributed by atoms with Crippen molar-refractivity contribution in [1.29, 1.82) is 0 Å². The molecule has 0 aliphatic carbocycles. The molecule has 0 aromatic rings. The van der Waals surface area contributed by atoms with Gasteiger partial charge in [0.1, 0.15) is 24.4 Å². The van der Waals surface area contributed by atoms with Crippen LogP contribution in [0.5, 0.6) is 0 Å². The average Bonchev–Trinajstić information content (AvgIpc) is 3.48. The molecule has 82 heavy (non-hydrogen) atoms. The van der Waals surface area contributed by atoms with Gasteiger partial charge in [0.05, 0.1) is 32.0 Å². The van der Waals surface area contributed by atoms with Crippen molar-refractivity contribution in [2.45, 2.75) is 371 Å². The van der Waals surface area contributed by atoms with E-state index in [1.807, 2.05) is 6.08 Å². The van der Waals surface area contributed by atoms with Crippen LogP contribution >= 0.6 is 0 Å². The number of ether oxygens (including phenoxy) is 3. The molecule has 7 atom stereocenters. The molecule has 11 nitrogen and oxygen atoms in total. The number of allylic oxidation sites excluding steroid dienone is 7. The number of rotatable bonds is 61. The van der Waals surface area contributed by atoms with E-state index in [9.17, 15) is 35.1 Å². The number of hydrogen-bond donors (Lipinski definition) is 6. The largest absolute Gasteiger partial charge is 0.466 e. The summed E-state index contributed by atoms with van der Waals surface area (Å²) in [6.45, 7) is 4.33. The van der Waals surface area contributed by atoms with E-state index in [1.54, 1.807) is 6.08 Å². The maximum absolute atomic E-state index is 13.1. The van der Waals surface area contributed by atoms with Gasteiger partial charge in [0.25, 0.3) is 0 Å². The molecule has 1 amide bonds. The lowest BCUT2D eigenvalue weighted by Crippen LogP contribution is -2.60. The molecule has 0 aromatic carbocycles. The highest BCUT2D eigenvalue weighted by Crippen LogP contribution is 2.23. The zero-order chi connectivity index (χ0) is 59.5. The minimum atomic E-state index is -1.57. The van der Waals surface area contributed by atoms with Crippen molar-refractivity contribution in [3.63, 3.8) is 0 Å². The van der Waals surface area contributed by atoms with Gasteiger partial charge >= 0.3 is 5.97 Å². The van der Waals surface area contributed by atoms with Crippen LogP contribution in [0.2, 0.25) is 0 Å². The van der Waals surface area contributed by atoms with Gasteiger partial charge in [-0.1, -0.05) is 281 Å². The molecule has 1 aliphatic heterocycles. The summed E-state index contributed by atoms with van der Waals surface area (Å²) in [6, 6.07) is -0.812. The minimum absolute atomic E-state index is 0.00789. The first-order valence-corrected chi connectivity index (χ1v) is 34.9. The Kier molecular flexibility index (Phi) is 57.1. The summed E-state index contributed by atoms with van der Waals surface area (Å²) in [5.74, 6) is -0.189. The maximum atomic E-state index is 13.1. The molecule has 1 aliphatic rings. The minimum Gasteiger partial charge on any atom is -0.466 e. The zero-order valence-corrected chi connectivity index (χ0v) is 53.2. The van der Waals surface area contributed by atoms with E-state index in [2.05, 4.69) is 55.6 Å². The third kappa shape index (κ3) is 48.8. The molecule has 1 heterocycles. The Morgan fingerprint density at radius 2 is 0.829 bits per heavy atom. The van der Waals surface area contributed by atoms with Gasteiger partial charge in [-0.15, -0.1) is 0 Å². The second-order valence-corrected chi connectivity index (χ2v) is 24.2. The Labute approximate surface area is 504 Å². The number of esters is 1. The molecule has 1 fully saturated rings. The Hall–Kier alpha value is -2.38. The molecule has 6 N–H and O–H groups in total. The highest BCUT2D eigenvalue weighted by molar-refractivity contribution is 5.76. The Morgan fingerprint density at radius 3 is 1.28 bits per heavy atom. The van der Waals surface area contributed by atoms with Gasteiger partial charge in [0.2, 0.25) is 5.91 Å². The molecule has 0 bridgehead atoms. The van der Waals surface area contributed by atoms with Crippen molar-refractivity contribution >= 4 is 11.9 Å². The standard InChI is InChI=1S/C71H131NO10/c1-3-5-7-9-11-13-15-16-34-38-41-45-49-53-57-64(74)63(62-81-71-70(79)69(78)68(77)65(61-73)82-71)72-66(75)58-54-50-46-42-39-35-32-30-28-26-24-22-20-18-17-19-21-23-25-27-29-31-33-36-40-44-48-52-56-60-80-67(76)59-55-51-47-43-37-14-12-10-8-6-4-2/h10,12,17,19,23,25,53,57,63-65,68-71,73-74,77-79H,3-9,11,13-16,18,20-22,24,26-52,54-56,58-62H2,1-2H3,(H,72,75)/b12-10-,19-17-,25-23-,57-53+. The van der Waals surface area contributed by atoms with Crippen molar-refractivity contribution in [1.82, 2.24) is 5.32 Å². The van der Waals surface area contributed by atoms with Crippen LogP contribution in [0.1, 0.15) is 328 Å². The van der Waals surface area contributed by atoms with Crippen LogP contribution in [0.4, 0.5) is 0 Å². The van der Waals surface area contributed by atoms with E-state index in [0.717, 1.165) is 64.2 Å². The smallest absolute Gasteiger partial charge is 0.305 e. The second-order valence-electron chi connectivity index (χ2n) is 24.2. The third-order valence-electron chi connectivity index (χ3n) is 16.4. The first-order valence-electron chi connectivity index (χ1n) is 34.9. The Morgan fingerprint density at radius 1 is 0.451 bits per heavy atom. The van der Waals surface area contributed by atoms with Gasteiger partial charge in [-0.05, 0) is 83.5 Å². The van der Waals surface area contributed by atoms with Gasteiger partial charge < -0.3 is 45.1 Å². The summed E-state index contributed by atoms with van der Waals surface area (Å²) in [6.07, 6.45) is 68.0. The Balaban J connectivity index is 2.01. The molecule has 0 radical (unpaired) electrons. The van der Waals surface area contributed by atoms with E-state index in [0.29, 0.717) is 19.4 Å². The van der Waals surface area contributed by atoms with Crippen LogP contribution in [0.25, 0.3) is 0 Å². The second kappa shape index (κ2) is 60.3. The highest BCUT2D eigenvalue weighted by atomic mass is 16.7. The number of hydrogen-bond acceptors (Lipinski definition) is 10. The van der Waals surface area contributed by atoms with Gasteiger partial charge in [0.15, 0.2) is 6.29 Å². The van der Waals surface area contributed by atoms with E-state index < -0.39 is 49.5 Å². The van der Waals surface area contributed by atoms with Crippen LogP contribution < -0.4 is 5.32 Å². The van der Waals surface area contributed by atoms with Crippen LogP contribution in [-0.4, -0.2) is 100 Å². The van der Waals surface area contributed by atoms with Crippen LogP contribution in [0.3, 0.4) is 0 Å². The molecule has 7 unspecified atom stereocenters. The molecule has 0 saturated carbocycles. The van der Waals surface area contributed by atoms with Crippen molar-refractivity contribution < 1.29 is 49.3 Å². The Bertz CT molecular complexity index is 1500. The molecule has 480 valence electrons. The van der Waals surface area contributed by atoms with Gasteiger partial charge in [-0.25, -0.2) is 0 Å². The fourth-order valence-corrected chi connectivity index (χ4v) is 10.9. The number of carbonyl (C=O) groups is 2. The summed E-state index contributed by atoms with van der Waals surface area (Å²) in [5.41, 5.74) is 0. The molecule has 0 aromatic heterocycles. The SMILES string of the molecule is CCCC/C=C\CCCCCCCC(=O)OCCCCCCCCCCC/C=C\C/C=C\CCCCCCCCCCCCCCCC(=O)NC(COC1OC(CO)C(O)C(O)C1O)C(O)/C=C/CCCCCCCCCCCCCC. The molecule has 11 heteroatoms. The molecule has 0 spiro atoms. The third-order valence-corrected chi connectivity index (χ3v) is 16.4. The lowest BCUT2D eigenvalue weighted by atomic mass is 9.99. The predicted octanol–water partition coefficient (Wildman–Crippen LogP) is 17.6. The summed E-state index contributed by atoms with van der Waals surface area (Å²) >= 11 is 0. The van der Waals surface area contributed by atoms with Crippen molar-refractivity contribution in [3.05, 3.63) is 48.6 Å². The molecular weight excluding hydrogens is 1030 g/mol. The van der Waals surface area contributed by atoms with Gasteiger partial charge in [-0.2, -0.15) is 0 Å². The number of amides is 1. The van der Waals surface area contributed by atoms with E-state index in [1.165, 1.54) is 238 Å². The first-order chi connectivity index (χ1) is 40.2. The molecule has 1 rings (SSSR count). The highest BCUT2D eigenvalue weighted by Gasteiger charge is 2.44. The molecule has 1 saturated heterocycles. The van der Waals surface area contributed by atoms with Crippen molar-refractivity contribution in [2.24, 2.45) is 0 Å². The van der Waals surface area contributed by atoms with Crippen molar-refractivity contribution in [3.8, 4) is 0 Å². The first kappa shape index (κ1) is 77.6. The fourth-order valence-electron chi connectivity index (χ4n) is 10.9. The monoisotopic (exact) mass is 1160 g/mol. The number of nitrogens with one attached hydrogen (secondary N) is 1. The summed E-state index contributed by atoms with van der Waals surface area (Å²) in [7, 11) is 0. The van der Waals surface area contributed by atoms with Gasteiger partial charge in [-0.3, -0.25) is 9.59 Å². The summed E-state index contributed by atoms with van der Waals surface area (Å²) < 4.78 is 16.7. The lowest BCUT2D eigenvalue weighted by Gasteiger charge is -2.40. The number of carbonyl (C=O) groups excluding carboxylic acids is 2. The summed E-state index contributed by atoms with van der Waals surface area (Å²) in [4.78, 5) is 25.1. The average molecular weight is 1160 g/mol. The predicted molar refractivity (Wildman–Crippen MR) is 343 cm³/mol. The van der Waals surface area contributed by atoms with Crippen LogP contribution in [0.15, 0.2) is 48.6 Å². The van der Waals surface area contributed by atoms with E-state index >= 15 is 0 Å². The fraction of sp³-hybridized carbons (Fsp3) is 0.859. The van der Waals surface area contributed by atoms with Crippen LogP contribution in [-0.2, 0) is 23.8 Å². The number of aliphatic hydroxyl groups is 5. The normalized spacial score (nSPS) is 18.5.